The highest BCUT2D eigenvalue weighted by molar-refractivity contribution is 5.96. The number of anilines is 1. The molecule has 3 aromatic rings. The number of rotatable bonds is 5. The molecular formula is C23H26N4O2. The molecule has 0 spiro atoms. The fourth-order valence-corrected chi connectivity index (χ4v) is 4.01. The van der Waals surface area contributed by atoms with E-state index in [1.807, 2.05) is 78.8 Å². The van der Waals surface area contributed by atoms with E-state index < -0.39 is 0 Å². The Morgan fingerprint density at radius 1 is 1.21 bits per heavy atom. The van der Waals surface area contributed by atoms with Crippen LogP contribution < -0.4 is 10.2 Å². The van der Waals surface area contributed by atoms with Crippen molar-refractivity contribution in [3.63, 3.8) is 0 Å². The highest BCUT2D eigenvalue weighted by Gasteiger charge is 2.35. The van der Waals surface area contributed by atoms with Crippen molar-refractivity contribution in [2.45, 2.75) is 45.7 Å². The number of hydrogen-bond donors (Lipinski definition) is 1. The molecule has 0 aliphatic carbocycles. The maximum Gasteiger partial charge on any atom is 0.240 e. The average molecular weight is 390 g/mol. The Balaban J connectivity index is 1.67. The van der Waals surface area contributed by atoms with Gasteiger partial charge in [0.2, 0.25) is 11.8 Å². The van der Waals surface area contributed by atoms with Crippen molar-refractivity contribution in [3.05, 3.63) is 59.9 Å². The van der Waals surface area contributed by atoms with Gasteiger partial charge in [-0.05, 0) is 50.6 Å². The normalized spacial score (nSPS) is 16.8. The molecule has 1 saturated heterocycles. The van der Waals surface area contributed by atoms with Crippen LogP contribution in [0.4, 0.5) is 5.69 Å². The van der Waals surface area contributed by atoms with E-state index in [1.54, 1.807) is 0 Å². The molecule has 2 heterocycles. The summed E-state index contributed by atoms with van der Waals surface area (Å²) in [7, 11) is 0. The lowest BCUT2D eigenvalue weighted by atomic mass is 10.1. The van der Waals surface area contributed by atoms with E-state index in [0.717, 1.165) is 28.1 Å². The van der Waals surface area contributed by atoms with Crippen LogP contribution in [0.3, 0.4) is 0 Å². The van der Waals surface area contributed by atoms with Crippen molar-refractivity contribution in [2.24, 2.45) is 0 Å². The first kappa shape index (κ1) is 19.2. The maximum absolute atomic E-state index is 12.8. The topological polar surface area (TPSA) is 67.2 Å². The predicted molar refractivity (Wildman–Crippen MR) is 114 cm³/mol. The van der Waals surface area contributed by atoms with Crippen LogP contribution in [0.1, 0.15) is 37.6 Å². The number of hydrogen-bond acceptors (Lipinski definition) is 3. The van der Waals surface area contributed by atoms with Crippen molar-refractivity contribution >= 4 is 28.5 Å². The molecule has 29 heavy (non-hydrogen) atoms. The number of nitrogens with zero attached hydrogens (tertiary/aromatic N) is 3. The van der Waals surface area contributed by atoms with Crippen molar-refractivity contribution in [1.82, 2.24) is 14.9 Å². The fourth-order valence-electron chi connectivity index (χ4n) is 4.01. The number of carbonyl (C=O) groups is 2. The summed E-state index contributed by atoms with van der Waals surface area (Å²) in [6.07, 6.45) is 0.392. The van der Waals surface area contributed by atoms with Crippen molar-refractivity contribution < 1.29 is 9.59 Å². The van der Waals surface area contributed by atoms with Gasteiger partial charge < -0.3 is 14.8 Å². The van der Waals surface area contributed by atoms with Crippen molar-refractivity contribution in [1.29, 1.82) is 0 Å². The second-order valence-corrected chi connectivity index (χ2v) is 8.01. The van der Waals surface area contributed by atoms with Gasteiger partial charge in [0.1, 0.15) is 12.4 Å². The van der Waals surface area contributed by atoms with Crippen LogP contribution in [-0.2, 0) is 16.1 Å². The molecule has 6 nitrogen and oxygen atoms in total. The molecule has 1 fully saturated rings. The summed E-state index contributed by atoms with van der Waals surface area (Å²) in [5, 5.41) is 2.95. The Bertz CT molecular complexity index is 1070. The molecule has 0 bridgehead atoms. The molecular weight excluding hydrogens is 364 g/mol. The quantitative estimate of drug-likeness (QED) is 0.726. The zero-order valence-electron chi connectivity index (χ0n) is 17.1. The molecule has 2 amide bonds. The van der Waals surface area contributed by atoms with Gasteiger partial charge in [0.15, 0.2) is 0 Å². The van der Waals surface area contributed by atoms with Crippen LogP contribution in [-0.4, -0.2) is 34.0 Å². The van der Waals surface area contributed by atoms with Crippen LogP contribution in [0.2, 0.25) is 0 Å². The monoisotopic (exact) mass is 390 g/mol. The number of aromatic nitrogens is 2. The summed E-state index contributed by atoms with van der Waals surface area (Å²) >= 11 is 0. The van der Waals surface area contributed by atoms with Gasteiger partial charge in [-0.25, -0.2) is 4.98 Å². The van der Waals surface area contributed by atoms with Crippen LogP contribution in [0.5, 0.6) is 0 Å². The number of amides is 2. The molecule has 1 aromatic heterocycles. The molecule has 1 atom stereocenters. The lowest BCUT2D eigenvalue weighted by Crippen LogP contribution is -2.33. The molecule has 2 aromatic carbocycles. The third kappa shape index (κ3) is 3.88. The molecule has 1 unspecified atom stereocenters. The van der Waals surface area contributed by atoms with Gasteiger partial charge in [0.05, 0.1) is 11.0 Å². The molecule has 1 aliphatic rings. The fraction of sp³-hybridized carbons (Fsp3) is 0.348. The lowest BCUT2D eigenvalue weighted by molar-refractivity contribution is -0.122. The second-order valence-electron chi connectivity index (χ2n) is 8.01. The minimum atomic E-state index is -0.0535. The summed E-state index contributed by atoms with van der Waals surface area (Å²) in [5.74, 6) is 0.783. The van der Waals surface area contributed by atoms with E-state index in [2.05, 4.69) is 5.32 Å². The molecule has 1 N–H and O–H groups in total. The van der Waals surface area contributed by atoms with Gasteiger partial charge in [-0.15, -0.1) is 0 Å². The minimum absolute atomic E-state index is 0.0516. The number of para-hydroxylation sites is 2. The minimum Gasteiger partial charge on any atom is -0.352 e. The first-order valence-electron chi connectivity index (χ1n) is 10.0. The average Bonchev–Trinajstić information content (AvgIpc) is 3.22. The zero-order valence-corrected chi connectivity index (χ0v) is 17.1. The Hall–Kier alpha value is -3.15. The molecule has 0 saturated carbocycles. The third-order valence-electron chi connectivity index (χ3n) is 5.24. The first-order chi connectivity index (χ1) is 13.9. The number of fused-ring (bicyclic) bond motifs is 1. The van der Waals surface area contributed by atoms with Crippen LogP contribution in [0.25, 0.3) is 11.0 Å². The van der Waals surface area contributed by atoms with Crippen LogP contribution in [0, 0.1) is 6.92 Å². The Morgan fingerprint density at radius 2 is 2.00 bits per heavy atom. The number of benzene rings is 2. The molecule has 6 heteroatoms. The largest absolute Gasteiger partial charge is 0.352 e. The van der Waals surface area contributed by atoms with Gasteiger partial charge in [0, 0.05) is 30.6 Å². The Morgan fingerprint density at radius 3 is 2.76 bits per heavy atom. The van der Waals surface area contributed by atoms with E-state index in [4.69, 9.17) is 4.98 Å². The summed E-state index contributed by atoms with van der Waals surface area (Å²) in [6, 6.07) is 15.9. The van der Waals surface area contributed by atoms with Crippen LogP contribution >= 0.6 is 0 Å². The molecule has 150 valence electrons. The zero-order chi connectivity index (χ0) is 20.5. The number of imidazole rings is 1. The molecule has 1 aliphatic heterocycles. The standard InChI is InChI=1S/C23H26N4O2/c1-15(2)24-21(28)14-27-20-10-5-4-9-19(20)25-23(27)17-12-22(29)26(13-17)18-8-6-7-16(3)11-18/h4-11,15,17H,12-14H2,1-3H3,(H,24,28). The van der Waals surface area contributed by atoms with Gasteiger partial charge in [0.25, 0.3) is 0 Å². The third-order valence-corrected chi connectivity index (χ3v) is 5.24. The highest BCUT2D eigenvalue weighted by atomic mass is 16.2. The van der Waals surface area contributed by atoms with E-state index in [0.29, 0.717) is 13.0 Å². The number of aryl methyl sites for hydroxylation is 1. The maximum atomic E-state index is 12.8. The summed E-state index contributed by atoms with van der Waals surface area (Å²) in [4.78, 5) is 31.9. The molecule has 4 rings (SSSR count). The van der Waals surface area contributed by atoms with Gasteiger partial charge in [-0.3, -0.25) is 9.59 Å². The number of carbonyl (C=O) groups excluding carboxylic acids is 2. The number of nitrogens with one attached hydrogen (secondary N) is 1. The second kappa shape index (κ2) is 7.70. The smallest absolute Gasteiger partial charge is 0.240 e. The van der Waals surface area contributed by atoms with E-state index in [9.17, 15) is 9.59 Å². The van der Waals surface area contributed by atoms with Crippen molar-refractivity contribution in [3.8, 4) is 0 Å². The van der Waals surface area contributed by atoms with Crippen molar-refractivity contribution in [2.75, 3.05) is 11.4 Å². The van der Waals surface area contributed by atoms with Gasteiger partial charge in [-0.2, -0.15) is 0 Å². The van der Waals surface area contributed by atoms with E-state index in [1.165, 1.54) is 0 Å². The summed E-state index contributed by atoms with van der Waals surface area (Å²) in [5.41, 5.74) is 3.80. The Labute approximate surface area is 170 Å². The summed E-state index contributed by atoms with van der Waals surface area (Å²) in [6.45, 7) is 6.68. The highest BCUT2D eigenvalue weighted by Crippen LogP contribution is 2.33. The lowest BCUT2D eigenvalue weighted by Gasteiger charge is -2.18. The van der Waals surface area contributed by atoms with Crippen LogP contribution in [0.15, 0.2) is 48.5 Å². The van der Waals surface area contributed by atoms with Gasteiger partial charge >= 0.3 is 0 Å². The van der Waals surface area contributed by atoms with E-state index in [-0.39, 0.29) is 30.3 Å². The molecule has 0 radical (unpaired) electrons. The first-order valence-corrected chi connectivity index (χ1v) is 10.0. The Kier molecular flexibility index (Phi) is 5.09. The SMILES string of the molecule is Cc1cccc(N2CC(c3nc4ccccc4n3CC(=O)NC(C)C)CC2=O)c1. The summed E-state index contributed by atoms with van der Waals surface area (Å²) < 4.78 is 1.96. The van der Waals surface area contributed by atoms with Gasteiger partial charge in [-0.1, -0.05) is 24.3 Å². The van der Waals surface area contributed by atoms with E-state index >= 15 is 0 Å². The predicted octanol–water partition coefficient (Wildman–Crippen LogP) is 3.39.